The first-order chi connectivity index (χ1) is 12.2. The fourth-order valence-electron chi connectivity index (χ4n) is 3.11. The van der Waals surface area contributed by atoms with E-state index in [2.05, 4.69) is 4.90 Å². The number of amides is 1. The number of anilines is 1. The highest BCUT2D eigenvalue weighted by molar-refractivity contribution is 5.95. The third kappa shape index (κ3) is 3.99. The molecule has 0 aliphatic carbocycles. The lowest BCUT2D eigenvalue weighted by molar-refractivity contribution is -0.130. The maximum absolute atomic E-state index is 12.5. The van der Waals surface area contributed by atoms with Gasteiger partial charge >= 0.3 is 5.97 Å². The number of carbonyl (C=O) groups excluding carboxylic acids is 2. The summed E-state index contributed by atoms with van der Waals surface area (Å²) in [5, 5.41) is 0. The number of para-hydroxylation sites is 1. The molecular formula is C20H22N2O3. The van der Waals surface area contributed by atoms with Crippen LogP contribution in [0, 0.1) is 0 Å². The Morgan fingerprint density at radius 2 is 1.56 bits per heavy atom. The van der Waals surface area contributed by atoms with Crippen molar-refractivity contribution in [3.05, 3.63) is 65.7 Å². The van der Waals surface area contributed by atoms with Gasteiger partial charge in [-0.2, -0.15) is 0 Å². The summed E-state index contributed by atoms with van der Waals surface area (Å²) in [6.45, 7) is 2.71. The van der Waals surface area contributed by atoms with Crippen LogP contribution in [-0.2, 0) is 16.0 Å². The van der Waals surface area contributed by atoms with Crippen molar-refractivity contribution in [2.45, 2.75) is 6.42 Å². The van der Waals surface area contributed by atoms with Crippen molar-refractivity contribution >= 4 is 17.6 Å². The first-order valence-corrected chi connectivity index (χ1v) is 8.43. The molecule has 1 amide bonds. The van der Waals surface area contributed by atoms with Crippen LogP contribution in [0.3, 0.4) is 0 Å². The number of hydrogen-bond acceptors (Lipinski definition) is 4. The second-order valence-corrected chi connectivity index (χ2v) is 6.04. The Morgan fingerprint density at radius 1 is 0.920 bits per heavy atom. The highest BCUT2D eigenvalue weighted by atomic mass is 16.5. The number of methoxy groups -OCH3 is 1. The second-order valence-electron chi connectivity index (χ2n) is 6.04. The predicted molar refractivity (Wildman–Crippen MR) is 96.7 cm³/mol. The summed E-state index contributed by atoms with van der Waals surface area (Å²) in [6, 6.07) is 17.2. The van der Waals surface area contributed by atoms with E-state index < -0.39 is 0 Å². The number of rotatable bonds is 4. The number of piperazine rings is 1. The molecule has 0 atom stereocenters. The average molecular weight is 338 g/mol. The molecular weight excluding hydrogens is 316 g/mol. The average Bonchev–Trinajstić information content (AvgIpc) is 2.68. The van der Waals surface area contributed by atoms with E-state index in [-0.39, 0.29) is 11.9 Å². The van der Waals surface area contributed by atoms with Gasteiger partial charge in [0.25, 0.3) is 0 Å². The van der Waals surface area contributed by atoms with Crippen LogP contribution in [0.5, 0.6) is 0 Å². The van der Waals surface area contributed by atoms with Crippen LogP contribution in [0.4, 0.5) is 5.69 Å². The molecule has 1 fully saturated rings. The summed E-state index contributed by atoms with van der Waals surface area (Å²) in [6.07, 6.45) is 0.430. The zero-order valence-electron chi connectivity index (χ0n) is 14.4. The largest absolute Gasteiger partial charge is 0.465 e. The van der Waals surface area contributed by atoms with E-state index in [1.165, 1.54) is 7.11 Å². The van der Waals surface area contributed by atoms with Gasteiger partial charge in [-0.05, 0) is 17.7 Å². The van der Waals surface area contributed by atoms with Crippen molar-refractivity contribution in [3.8, 4) is 0 Å². The molecule has 0 spiro atoms. The molecule has 5 heteroatoms. The summed E-state index contributed by atoms with van der Waals surface area (Å²) in [5.74, 6) is -0.190. The Hall–Kier alpha value is -2.82. The van der Waals surface area contributed by atoms with Gasteiger partial charge < -0.3 is 14.5 Å². The molecule has 5 nitrogen and oxygen atoms in total. The van der Waals surface area contributed by atoms with Crippen molar-refractivity contribution < 1.29 is 14.3 Å². The van der Waals surface area contributed by atoms with Gasteiger partial charge in [0.15, 0.2) is 0 Å². The summed E-state index contributed by atoms with van der Waals surface area (Å²) < 4.78 is 4.86. The molecule has 1 heterocycles. The number of carbonyl (C=O) groups is 2. The molecule has 1 aliphatic rings. The van der Waals surface area contributed by atoms with Gasteiger partial charge in [0.1, 0.15) is 0 Å². The van der Waals surface area contributed by atoms with Gasteiger partial charge in [-0.1, -0.05) is 42.5 Å². The van der Waals surface area contributed by atoms with E-state index in [9.17, 15) is 9.59 Å². The Bertz CT molecular complexity index is 738. The quantitative estimate of drug-likeness (QED) is 0.803. The van der Waals surface area contributed by atoms with Crippen molar-refractivity contribution in [2.24, 2.45) is 0 Å². The fraction of sp³-hybridized carbons (Fsp3) is 0.300. The molecule has 3 rings (SSSR count). The molecule has 25 heavy (non-hydrogen) atoms. The number of hydrogen-bond donors (Lipinski definition) is 0. The zero-order chi connectivity index (χ0) is 17.6. The van der Waals surface area contributed by atoms with Crippen molar-refractivity contribution in [3.63, 3.8) is 0 Å². The zero-order valence-corrected chi connectivity index (χ0v) is 14.4. The van der Waals surface area contributed by atoms with E-state index in [0.717, 1.165) is 11.3 Å². The van der Waals surface area contributed by atoms with E-state index in [1.54, 1.807) is 6.07 Å². The van der Waals surface area contributed by atoms with Crippen LogP contribution in [0.25, 0.3) is 0 Å². The monoisotopic (exact) mass is 338 g/mol. The SMILES string of the molecule is COC(=O)c1ccccc1N1CCN(C(=O)Cc2ccccc2)CC1. The summed E-state index contributed by atoms with van der Waals surface area (Å²) in [5.41, 5.74) is 2.46. The summed E-state index contributed by atoms with van der Waals surface area (Å²) in [7, 11) is 1.39. The molecule has 2 aromatic rings. The number of benzene rings is 2. The third-order valence-electron chi connectivity index (χ3n) is 4.48. The molecule has 1 saturated heterocycles. The van der Waals surface area contributed by atoms with E-state index in [1.807, 2.05) is 53.4 Å². The minimum absolute atomic E-state index is 0.145. The van der Waals surface area contributed by atoms with Crippen LogP contribution in [0.15, 0.2) is 54.6 Å². The molecule has 0 radical (unpaired) electrons. The molecule has 0 bridgehead atoms. The smallest absolute Gasteiger partial charge is 0.339 e. The van der Waals surface area contributed by atoms with Gasteiger partial charge in [0.2, 0.25) is 5.91 Å². The van der Waals surface area contributed by atoms with E-state index in [4.69, 9.17) is 4.74 Å². The number of nitrogens with zero attached hydrogens (tertiary/aromatic N) is 2. The van der Waals surface area contributed by atoms with Gasteiger partial charge in [-0.3, -0.25) is 4.79 Å². The number of ether oxygens (including phenoxy) is 1. The molecule has 130 valence electrons. The molecule has 0 saturated carbocycles. The normalized spacial score (nSPS) is 14.3. The Kier molecular flexibility index (Phi) is 5.33. The maximum atomic E-state index is 12.5. The predicted octanol–water partition coefficient (Wildman–Crippen LogP) is 2.36. The van der Waals surface area contributed by atoms with Gasteiger partial charge in [-0.15, -0.1) is 0 Å². The summed E-state index contributed by atoms with van der Waals surface area (Å²) in [4.78, 5) is 28.4. The molecule has 0 unspecified atom stereocenters. The van der Waals surface area contributed by atoms with Crippen molar-refractivity contribution in [1.29, 1.82) is 0 Å². The van der Waals surface area contributed by atoms with E-state index >= 15 is 0 Å². The fourth-order valence-corrected chi connectivity index (χ4v) is 3.11. The summed E-state index contributed by atoms with van der Waals surface area (Å²) >= 11 is 0. The van der Waals surface area contributed by atoms with Crippen LogP contribution in [0.2, 0.25) is 0 Å². The maximum Gasteiger partial charge on any atom is 0.339 e. The van der Waals surface area contributed by atoms with Gasteiger partial charge in [0, 0.05) is 26.2 Å². The first-order valence-electron chi connectivity index (χ1n) is 8.43. The Balaban J connectivity index is 1.62. The Morgan fingerprint density at radius 3 is 2.24 bits per heavy atom. The molecule has 0 N–H and O–H groups in total. The van der Waals surface area contributed by atoms with E-state index in [0.29, 0.717) is 38.2 Å². The molecule has 2 aromatic carbocycles. The lowest BCUT2D eigenvalue weighted by atomic mass is 10.1. The number of esters is 1. The van der Waals surface area contributed by atoms with Crippen LogP contribution in [-0.4, -0.2) is 50.1 Å². The first kappa shape index (κ1) is 17.0. The standard InChI is InChI=1S/C20H22N2O3/c1-25-20(24)17-9-5-6-10-18(17)21-11-13-22(14-12-21)19(23)15-16-7-3-2-4-8-16/h2-10H,11-15H2,1H3. The molecule has 0 aromatic heterocycles. The Labute approximate surface area is 147 Å². The van der Waals surface area contributed by atoms with Crippen LogP contribution < -0.4 is 4.90 Å². The highest BCUT2D eigenvalue weighted by Gasteiger charge is 2.24. The molecule has 1 aliphatic heterocycles. The topological polar surface area (TPSA) is 49.9 Å². The van der Waals surface area contributed by atoms with Gasteiger partial charge in [-0.25, -0.2) is 4.79 Å². The lowest BCUT2D eigenvalue weighted by Crippen LogP contribution is -2.49. The van der Waals surface area contributed by atoms with Crippen LogP contribution in [0.1, 0.15) is 15.9 Å². The van der Waals surface area contributed by atoms with Crippen molar-refractivity contribution in [2.75, 3.05) is 38.2 Å². The lowest BCUT2D eigenvalue weighted by Gasteiger charge is -2.36. The highest BCUT2D eigenvalue weighted by Crippen LogP contribution is 2.22. The second kappa shape index (κ2) is 7.83. The minimum Gasteiger partial charge on any atom is -0.465 e. The van der Waals surface area contributed by atoms with Gasteiger partial charge in [0.05, 0.1) is 24.8 Å². The minimum atomic E-state index is -0.335. The van der Waals surface area contributed by atoms with Crippen LogP contribution >= 0.6 is 0 Å². The third-order valence-corrected chi connectivity index (χ3v) is 4.48. The van der Waals surface area contributed by atoms with Crippen molar-refractivity contribution in [1.82, 2.24) is 4.90 Å².